The summed E-state index contributed by atoms with van der Waals surface area (Å²) < 4.78 is 0. The summed E-state index contributed by atoms with van der Waals surface area (Å²) >= 11 is 4.44. The van der Waals surface area contributed by atoms with E-state index in [2.05, 4.69) is 20.6 Å². The van der Waals surface area contributed by atoms with Gasteiger partial charge in [0, 0.05) is 0 Å². The minimum absolute atomic E-state index is 0. The molecule has 5 heteroatoms. The standard InChI is InChI=1S/ClSi.3GeH3/c1-2;;;/h;3*1H3. The van der Waals surface area contributed by atoms with Gasteiger partial charge in [0.2, 0.25) is 0 Å². The van der Waals surface area contributed by atoms with Gasteiger partial charge in [-0.2, -0.15) is 11.1 Å². The molecule has 0 aromatic rings. The molecule has 0 N–H and O–H groups in total. The molecule has 0 aromatic carbocycles. The zero-order valence-corrected chi connectivity index (χ0v) is 18.2. The molecule has 0 heterocycles. The zero-order valence-electron chi connectivity index (χ0n) is 3.88. The van der Waals surface area contributed by atoms with Gasteiger partial charge in [0.15, 0.2) is 9.55 Å². The summed E-state index contributed by atoms with van der Waals surface area (Å²) in [6, 6.07) is 0. The number of hydrogen-bond donors (Lipinski definition) is 0. The van der Waals surface area contributed by atoms with Crippen LogP contribution in [0, 0.1) is 0 Å². The van der Waals surface area contributed by atoms with Crippen molar-refractivity contribution in [3.05, 3.63) is 0 Å². The Labute approximate surface area is 72.8 Å². The average molecular weight is 290 g/mol. The van der Waals surface area contributed by atoms with Crippen molar-refractivity contribution in [2.45, 2.75) is 0 Å². The Balaban J connectivity index is -0.00000000167. The van der Waals surface area contributed by atoms with Crippen LogP contribution in [0.1, 0.15) is 0 Å². The van der Waals surface area contributed by atoms with E-state index >= 15 is 0 Å². The van der Waals surface area contributed by atoms with Crippen LogP contribution in [-0.4, -0.2) is 62.3 Å². The fourth-order valence-corrected chi connectivity index (χ4v) is 0. The van der Waals surface area contributed by atoms with Crippen LogP contribution >= 0.6 is 11.1 Å². The Hall–Kier alpha value is 2.14. The van der Waals surface area contributed by atoms with Crippen molar-refractivity contribution in [3.8, 4) is 0 Å². The van der Waals surface area contributed by atoms with Crippen molar-refractivity contribution in [2.24, 2.45) is 0 Å². The molecule has 0 aromatic heterocycles. The van der Waals surface area contributed by atoms with Crippen molar-refractivity contribution >= 4 is 73.4 Å². The SMILES string of the molecule is [GeH3].[GeH3].[GeH3].[Si]Cl. The van der Waals surface area contributed by atoms with Gasteiger partial charge in [0.1, 0.15) is 0 Å². The number of halogens is 1. The molecule has 0 nitrogen and oxygen atoms in total. The minimum Gasteiger partial charge on any atom is -0.174 e. The molecule has 0 unspecified atom stereocenters. The summed E-state index contributed by atoms with van der Waals surface area (Å²) in [6.07, 6.45) is 0. The second-order valence-corrected chi connectivity index (χ2v) is 0. The second-order valence-electron chi connectivity index (χ2n) is 0. The third kappa shape index (κ3) is 23.0. The van der Waals surface area contributed by atoms with Crippen molar-refractivity contribution in [1.82, 2.24) is 0 Å². The van der Waals surface area contributed by atoms with Gasteiger partial charge in [-0.15, -0.1) is 0 Å². The van der Waals surface area contributed by atoms with Crippen LogP contribution in [0.5, 0.6) is 0 Å². The van der Waals surface area contributed by atoms with E-state index < -0.39 is 0 Å². The van der Waals surface area contributed by atoms with Crippen LogP contribution in [0.3, 0.4) is 0 Å². The molecule has 0 aliphatic heterocycles. The molecule has 0 spiro atoms. The van der Waals surface area contributed by atoms with Gasteiger partial charge in [-0.05, 0) is 0 Å². The first kappa shape index (κ1) is 27.3. The maximum Gasteiger partial charge on any atom is 0.174 e. The Morgan fingerprint density at radius 1 is 0.800 bits per heavy atom. The van der Waals surface area contributed by atoms with Gasteiger partial charge in [-0.1, -0.05) is 0 Å². The summed E-state index contributed by atoms with van der Waals surface area (Å²) in [6.45, 7) is 0. The van der Waals surface area contributed by atoms with E-state index in [0.717, 1.165) is 0 Å². The van der Waals surface area contributed by atoms with E-state index in [0.29, 0.717) is 0 Å². The van der Waals surface area contributed by atoms with E-state index in [4.69, 9.17) is 0 Å². The molecule has 32 valence electrons. The van der Waals surface area contributed by atoms with Crippen LogP contribution in [0.25, 0.3) is 0 Å². The summed E-state index contributed by atoms with van der Waals surface area (Å²) in [5.41, 5.74) is 0. The molecule has 0 aliphatic carbocycles. The third-order valence-electron chi connectivity index (χ3n) is 0. The molecule has 0 rings (SSSR count). The van der Waals surface area contributed by atoms with Crippen LogP contribution < -0.4 is 0 Å². The van der Waals surface area contributed by atoms with Crippen molar-refractivity contribution in [1.29, 1.82) is 0 Å². The topological polar surface area (TPSA) is 0 Å². The Kier molecular flexibility index (Phi) is 194. The first-order valence-corrected chi connectivity index (χ1v) is 1.70. The van der Waals surface area contributed by atoms with Crippen molar-refractivity contribution in [2.75, 3.05) is 0 Å². The molecule has 0 saturated heterocycles. The maximum atomic E-state index is 4.44. The summed E-state index contributed by atoms with van der Waals surface area (Å²) in [5.74, 6) is 0. The summed E-state index contributed by atoms with van der Waals surface area (Å²) in [7, 11) is 2.44. The fraction of sp³-hybridized carbons (Fsp3) is 0. The first-order valence-electron chi connectivity index (χ1n) is 0.189. The molecule has 5 heavy (non-hydrogen) atoms. The summed E-state index contributed by atoms with van der Waals surface area (Å²) in [4.78, 5) is 0. The molecule has 0 saturated carbocycles. The van der Waals surface area contributed by atoms with Crippen LogP contribution in [-0.2, 0) is 0 Å². The number of rotatable bonds is 0. The van der Waals surface area contributed by atoms with Gasteiger partial charge < -0.3 is 0 Å². The van der Waals surface area contributed by atoms with E-state index in [1.54, 1.807) is 0 Å². The summed E-state index contributed by atoms with van der Waals surface area (Å²) in [5, 5.41) is 0. The van der Waals surface area contributed by atoms with E-state index in [9.17, 15) is 0 Å². The van der Waals surface area contributed by atoms with E-state index in [1.165, 1.54) is 0 Å². The largest absolute Gasteiger partial charge is 0.174 e. The fourth-order valence-electron chi connectivity index (χ4n) is 0. The second kappa shape index (κ2) is 35.5. The molecule has 0 fully saturated rings. The minimum atomic E-state index is 0. The van der Waals surface area contributed by atoms with E-state index in [-0.39, 0.29) is 52.8 Å². The Morgan fingerprint density at radius 3 is 0.800 bits per heavy atom. The molecular formula is H9ClGe3Si. The number of hydrogen-bond acceptors (Lipinski definition) is 0. The van der Waals surface area contributed by atoms with Gasteiger partial charge >= 0.3 is 52.8 Å². The first-order chi connectivity index (χ1) is 1.00. The van der Waals surface area contributed by atoms with Gasteiger partial charge in [0.25, 0.3) is 0 Å². The van der Waals surface area contributed by atoms with Crippen LogP contribution in [0.2, 0.25) is 0 Å². The van der Waals surface area contributed by atoms with Crippen molar-refractivity contribution < 1.29 is 0 Å². The Bertz CT molecular complexity index is 6.85. The average Bonchev–Trinajstić information content (AvgIpc) is 1.00. The normalized spacial score (nSPS) is 1.20. The zero-order chi connectivity index (χ0) is 2.00. The maximum absolute atomic E-state index is 4.44. The van der Waals surface area contributed by atoms with E-state index in [1.807, 2.05) is 0 Å². The predicted octanol–water partition coefficient (Wildman–Crippen LogP) is -3.24. The molecule has 0 atom stereocenters. The monoisotopic (exact) mass is 294 g/mol. The molecular weight excluding hydrogens is 281 g/mol. The van der Waals surface area contributed by atoms with Gasteiger partial charge in [0.05, 0.1) is 0 Å². The van der Waals surface area contributed by atoms with Gasteiger partial charge in [-0.25, -0.2) is 0 Å². The quantitative estimate of drug-likeness (QED) is 0.325. The third-order valence-corrected chi connectivity index (χ3v) is 0. The predicted molar refractivity (Wildman–Crippen MR) is 41.4 cm³/mol. The Morgan fingerprint density at radius 2 is 0.800 bits per heavy atom. The smallest absolute Gasteiger partial charge is 0.174 e. The van der Waals surface area contributed by atoms with Crippen molar-refractivity contribution in [3.63, 3.8) is 0 Å². The molecule has 6 radical (unpaired) electrons. The molecule has 0 aliphatic rings. The van der Waals surface area contributed by atoms with Crippen LogP contribution in [0.4, 0.5) is 0 Å². The van der Waals surface area contributed by atoms with Crippen LogP contribution in [0.15, 0.2) is 0 Å². The molecule has 0 bridgehead atoms. The van der Waals surface area contributed by atoms with Gasteiger partial charge in [-0.3, -0.25) is 0 Å². The molecule has 0 amide bonds.